The predicted octanol–water partition coefficient (Wildman–Crippen LogP) is 0.642. The smallest absolute Gasteiger partial charge is 0.234 e. The molecule has 0 bridgehead atoms. The summed E-state index contributed by atoms with van der Waals surface area (Å²) in [5.41, 5.74) is 1.07. The largest absolute Gasteiger partial charge is 0.474 e. The molecule has 3 rings (SSSR count). The third-order valence-corrected chi connectivity index (χ3v) is 3.68. The first-order valence-electron chi connectivity index (χ1n) is 7.74. The number of nitrogens with zero attached hydrogens (tertiary/aromatic N) is 5. The van der Waals surface area contributed by atoms with Gasteiger partial charge in [0.15, 0.2) is 5.82 Å². The van der Waals surface area contributed by atoms with Crippen LogP contribution in [0.2, 0.25) is 0 Å². The first-order chi connectivity index (χ1) is 11.3. The van der Waals surface area contributed by atoms with E-state index in [0.29, 0.717) is 19.0 Å². The SMILES string of the molecule is CCn1cc(C2CN(c3cncc(OCCO)n3)CCO2)cn1. The predicted molar refractivity (Wildman–Crippen MR) is 83.4 cm³/mol. The second kappa shape index (κ2) is 7.38. The van der Waals surface area contributed by atoms with Crippen LogP contribution in [-0.2, 0) is 11.3 Å². The van der Waals surface area contributed by atoms with Gasteiger partial charge in [0.05, 0.1) is 38.3 Å². The van der Waals surface area contributed by atoms with E-state index in [1.165, 1.54) is 0 Å². The van der Waals surface area contributed by atoms with Crippen molar-refractivity contribution in [2.75, 3.05) is 37.8 Å². The zero-order chi connectivity index (χ0) is 16.1. The maximum absolute atomic E-state index is 8.82. The van der Waals surface area contributed by atoms with E-state index >= 15 is 0 Å². The van der Waals surface area contributed by atoms with Crippen molar-refractivity contribution in [1.29, 1.82) is 0 Å². The molecular weight excluding hydrogens is 298 g/mol. The van der Waals surface area contributed by atoms with Gasteiger partial charge < -0.3 is 19.5 Å². The molecule has 0 radical (unpaired) electrons. The van der Waals surface area contributed by atoms with Crippen LogP contribution < -0.4 is 9.64 Å². The van der Waals surface area contributed by atoms with Gasteiger partial charge in [-0.15, -0.1) is 0 Å². The normalized spacial score (nSPS) is 18.2. The highest BCUT2D eigenvalue weighted by atomic mass is 16.5. The molecule has 8 heteroatoms. The second-order valence-electron chi connectivity index (χ2n) is 5.22. The van der Waals surface area contributed by atoms with Crippen LogP contribution in [0, 0.1) is 0 Å². The van der Waals surface area contributed by atoms with E-state index in [4.69, 9.17) is 14.6 Å². The minimum atomic E-state index is -0.0487. The van der Waals surface area contributed by atoms with E-state index in [9.17, 15) is 0 Å². The summed E-state index contributed by atoms with van der Waals surface area (Å²) in [6, 6.07) is 0. The van der Waals surface area contributed by atoms with Gasteiger partial charge in [-0.1, -0.05) is 0 Å². The lowest BCUT2D eigenvalue weighted by Gasteiger charge is -2.33. The number of morpholine rings is 1. The minimum Gasteiger partial charge on any atom is -0.474 e. The lowest BCUT2D eigenvalue weighted by molar-refractivity contribution is 0.0394. The standard InChI is InChI=1S/C15H21N5O3/c1-2-20-10-12(7-17-20)13-11-19(3-5-22-13)14-8-16-9-15(18-14)23-6-4-21/h7-10,13,21H,2-6,11H2,1H3. The average Bonchev–Trinajstić information content (AvgIpc) is 3.09. The number of hydrogen-bond donors (Lipinski definition) is 1. The zero-order valence-electron chi connectivity index (χ0n) is 13.1. The maximum atomic E-state index is 8.82. The monoisotopic (exact) mass is 319 g/mol. The van der Waals surface area contributed by atoms with E-state index in [-0.39, 0.29) is 19.3 Å². The fourth-order valence-electron chi connectivity index (χ4n) is 2.49. The second-order valence-corrected chi connectivity index (χ2v) is 5.22. The van der Waals surface area contributed by atoms with Crippen molar-refractivity contribution in [2.24, 2.45) is 0 Å². The molecule has 23 heavy (non-hydrogen) atoms. The van der Waals surface area contributed by atoms with Crippen molar-refractivity contribution < 1.29 is 14.6 Å². The Balaban J connectivity index is 1.70. The number of aliphatic hydroxyl groups excluding tert-OH is 1. The van der Waals surface area contributed by atoms with E-state index in [0.717, 1.165) is 24.5 Å². The third-order valence-electron chi connectivity index (χ3n) is 3.68. The molecule has 1 N–H and O–H groups in total. The van der Waals surface area contributed by atoms with Crippen LogP contribution in [-0.4, -0.2) is 57.8 Å². The summed E-state index contributed by atoms with van der Waals surface area (Å²) < 4.78 is 13.1. The van der Waals surface area contributed by atoms with Gasteiger partial charge in [0, 0.05) is 24.8 Å². The van der Waals surface area contributed by atoms with E-state index in [1.807, 2.05) is 17.1 Å². The Hall–Kier alpha value is -2.19. The Morgan fingerprint density at radius 3 is 3.09 bits per heavy atom. The lowest BCUT2D eigenvalue weighted by Crippen LogP contribution is -2.38. The summed E-state index contributed by atoms with van der Waals surface area (Å²) in [7, 11) is 0. The molecule has 1 aliphatic heterocycles. The van der Waals surface area contributed by atoms with Crippen molar-refractivity contribution in [1.82, 2.24) is 19.7 Å². The Kier molecular flexibility index (Phi) is 5.04. The van der Waals surface area contributed by atoms with Crippen molar-refractivity contribution in [3.63, 3.8) is 0 Å². The summed E-state index contributed by atoms with van der Waals surface area (Å²) in [5.74, 6) is 1.16. The first-order valence-corrected chi connectivity index (χ1v) is 7.74. The number of aryl methyl sites for hydroxylation is 1. The summed E-state index contributed by atoms with van der Waals surface area (Å²) in [6.45, 7) is 5.10. The van der Waals surface area contributed by atoms with Crippen LogP contribution in [0.1, 0.15) is 18.6 Å². The highest BCUT2D eigenvalue weighted by Crippen LogP contribution is 2.25. The molecule has 0 spiro atoms. The van der Waals surface area contributed by atoms with Crippen LogP contribution in [0.5, 0.6) is 5.88 Å². The van der Waals surface area contributed by atoms with Crippen LogP contribution in [0.15, 0.2) is 24.8 Å². The molecule has 0 aliphatic carbocycles. The molecule has 124 valence electrons. The third kappa shape index (κ3) is 3.77. The Labute approximate surface area is 134 Å². The van der Waals surface area contributed by atoms with Crippen LogP contribution in [0.4, 0.5) is 5.82 Å². The number of aliphatic hydroxyl groups is 1. The molecule has 0 amide bonds. The molecule has 1 atom stereocenters. The Morgan fingerprint density at radius 2 is 2.30 bits per heavy atom. The minimum absolute atomic E-state index is 0.0344. The van der Waals surface area contributed by atoms with Gasteiger partial charge in [-0.3, -0.25) is 9.67 Å². The number of hydrogen-bond acceptors (Lipinski definition) is 7. The van der Waals surface area contributed by atoms with E-state index in [2.05, 4.69) is 26.9 Å². The molecule has 2 aromatic heterocycles. The highest BCUT2D eigenvalue weighted by molar-refractivity contribution is 5.38. The van der Waals surface area contributed by atoms with Gasteiger partial charge in [0.2, 0.25) is 5.88 Å². The van der Waals surface area contributed by atoms with Gasteiger partial charge >= 0.3 is 0 Å². The van der Waals surface area contributed by atoms with Gasteiger partial charge in [-0.05, 0) is 6.92 Å². The number of anilines is 1. The average molecular weight is 319 g/mol. The van der Waals surface area contributed by atoms with Crippen molar-refractivity contribution in [3.05, 3.63) is 30.4 Å². The van der Waals surface area contributed by atoms with Gasteiger partial charge in [0.1, 0.15) is 12.7 Å². The summed E-state index contributed by atoms with van der Waals surface area (Å²) >= 11 is 0. The van der Waals surface area contributed by atoms with Crippen LogP contribution >= 0.6 is 0 Å². The molecule has 0 aromatic carbocycles. The Bertz CT molecular complexity index is 633. The highest BCUT2D eigenvalue weighted by Gasteiger charge is 2.24. The number of rotatable bonds is 6. The fraction of sp³-hybridized carbons (Fsp3) is 0.533. The quantitative estimate of drug-likeness (QED) is 0.836. The Morgan fingerprint density at radius 1 is 1.39 bits per heavy atom. The fourth-order valence-corrected chi connectivity index (χ4v) is 2.49. The van der Waals surface area contributed by atoms with Gasteiger partial charge in [0.25, 0.3) is 0 Å². The molecular formula is C15H21N5O3. The molecule has 1 fully saturated rings. The summed E-state index contributed by atoms with van der Waals surface area (Å²) in [4.78, 5) is 10.7. The topological polar surface area (TPSA) is 85.5 Å². The molecule has 1 aliphatic rings. The molecule has 1 unspecified atom stereocenters. The number of ether oxygens (including phenoxy) is 2. The molecule has 0 saturated carbocycles. The van der Waals surface area contributed by atoms with E-state index in [1.54, 1.807) is 12.4 Å². The lowest BCUT2D eigenvalue weighted by atomic mass is 10.1. The number of aromatic nitrogens is 4. The zero-order valence-corrected chi connectivity index (χ0v) is 13.1. The maximum Gasteiger partial charge on any atom is 0.234 e. The van der Waals surface area contributed by atoms with Gasteiger partial charge in [-0.25, -0.2) is 0 Å². The van der Waals surface area contributed by atoms with Crippen molar-refractivity contribution >= 4 is 5.82 Å². The van der Waals surface area contributed by atoms with Gasteiger partial charge in [-0.2, -0.15) is 10.1 Å². The van der Waals surface area contributed by atoms with Crippen LogP contribution in [0.25, 0.3) is 0 Å². The van der Waals surface area contributed by atoms with Crippen molar-refractivity contribution in [3.8, 4) is 5.88 Å². The molecule has 2 aromatic rings. The van der Waals surface area contributed by atoms with E-state index < -0.39 is 0 Å². The molecule has 3 heterocycles. The molecule has 1 saturated heterocycles. The summed E-state index contributed by atoms with van der Waals surface area (Å²) in [5, 5.41) is 13.1. The van der Waals surface area contributed by atoms with Crippen LogP contribution in [0.3, 0.4) is 0 Å². The first kappa shape index (κ1) is 15.7. The summed E-state index contributed by atoms with van der Waals surface area (Å²) in [6.07, 6.45) is 7.09. The molecule has 8 nitrogen and oxygen atoms in total. The van der Waals surface area contributed by atoms with Crippen molar-refractivity contribution in [2.45, 2.75) is 19.6 Å².